The van der Waals surface area contributed by atoms with Gasteiger partial charge in [-0.3, -0.25) is 4.79 Å². The number of rotatable bonds is 2. The van der Waals surface area contributed by atoms with E-state index in [1.54, 1.807) is 30.3 Å². The second-order valence-corrected chi connectivity index (χ2v) is 4.50. The van der Waals surface area contributed by atoms with Gasteiger partial charge in [0, 0.05) is 11.1 Å². The molecule has 0 saturated heterocycles. The van der Waals surface area contributed by atoms with Crippen LogP contribution in [0.4, 0.5) is 10.1 Å². The molecule has 5 heteroatoms. The predicted molar refractivity (Wildman–Crippen MR) is 79.8 cm³/mol. The first-order valence-electron chi connectivity index (χ1n) is 6.07. The Bertz CT molecular complexity index is 717. The highest BCUT2D eigenvalue weighted by Crippen LogP contribution is 2.22. The van der Waals surface area contributed by atoms with Crippen molar-refractivity contribution in [3.63, 3.8) is 0 Å². The van der Waals surface area contributed by atoms with Crippen LogP contribution in [0.5, 0.6) is 0 Å². The van der Waals surface area contributed by atoms with Crippen LogP contribution < -0.4 is 5.32 Å². The highest BCUT2D eigenvalue weighted by atomic mass is 35.5. The van der Waals surface area contributed by atoms with Gasteiger partial charge in [0.05, 0.1) is 10.7 Å². The molecular formula is C16H11ClFNO2. The van der Waals surface area contributed by atoms with Crippen LogP contribution in [0.1, 0.15) is 15.9 Å². The lowest BCUT2D eigenvalue weighted by Gasteiger charge is -2.07. The van der Waals surface area contributed by atoms with Crippen LogP contribution in [0, 0.1) is 17.7 Å². The smallest absolute Gasteiger partial charge is 0.255 e. The van der Waals surface area contributed by atoms with Crippen molar-refractivity contribution in [3.05, 3.63) is 64.4 Å². The predicted octanol–water partition coefficient (Wildman–Crippen LogP) is 3.08. The number of hydrogen-bond acceptors (Lipinski definition) is 2. The van der Waals surface area contributed by atoms with Crippen LogP contribution in [0.25, 0.3) is 0 Å². The Morgan fingerprint density at radius 2 is 1.95 bits per heavy atom. The maximum Gasteiger partial charge on any atom is 0.255 e. The minimum atomic E-state index is -0.669. The van der Waals surface area contributed by atoms with E-state index in [4.69, 9.17) is 16.7 Å². The van der Waals surface area contributed by atoms with Gasteiger partial charge in [0.2, 0.25) is 0 Å². The molecule has 0 aliphatic carbocycles. The first-order chi connectivity index (χ1) is 10.1. The van der Waals surface area contributed by atoms with E-state index in [2.05, 4.69) is 17.2 Å². The third-order valence-electron chi connectivity index (χ3n) is 2.66. The lowest BCUT2D eigenvalue weighted by Crippen LogP contribution is -2.13. The summed E-state index contributed by atoms with van der Waals surface area (Å²) in [5, 5.41) is 11.0. The third-order valence-corrected chi connectivity index (χ3v) is 2.95. The van der Waals surface area contributed by atoms with Gasteiger partial charge in [-0.15, -0.1) is 0 Å². The summed E-state index contributed by atoms with van der Waals surface area (Å²) in [5.74, 6) is 4.11. The van der Waals surface area contributed by atoms with Gasteiger partial charge in [0.15, 0.2) is 5.82 Å². The summed E-state index contributed by atoms with van der Waals surface area (Å²) >= 11 is 5.65. The van der Waals surface area contributed by atoms with Gasteiger partial charge >= 0.3 is 0 Å². The van der Waals surface area contributed by atoms with Gasteiger partial charge < -0.3 is 10.4 Å². The number of carbonyl (C=O) groups excluding carboxylic acids is 1. The monoisotopic (exact) mass is 303 g/mol. The number of aliphatic hydroxyl groups excluding tert-OH is 1. The van der Waals surface area contributed by atoms with E-state index in [0.717, 1.165) is 0 Å². The molecule has 0 bridgehead atoms. The minimum absolute atomic E-state index is 0.0247. The van der Waals surface area contributed by atoms with Crippen molar-refractivity contribution >= 4 is 23.2 Å². The molecule has 0 fully saturated rings. The standard InChI is InChI=1S/C16H11ClFNO2/c17-13-4-1-5-14(15(13)18)19-16(21)12-8-6-11(7-9-12)3-2-10-20/h1,4-9,20H,10H2,(H,19,21). The Kier molecular flexibility index (Phi) is 4.94. The lowest BCUT2D eigenvalue weighted by atomic mass is 10.1. The molecule has 0 atom stereocenters. The summed E-state index contributed by atoms with van der Waals surface area (Å²) in [4.78, 5) is 12.0. The first kappa shape index (κ1) is 15.0. The van der Waals surface area contributed by atoms with Crippen LogP contribution in [0.15, 0.2) is 42.5 Å². The topological polar surface area (TPSA) is 49.3 Å². The molecule has 21 heavy (non-hydrogen) atoms. The first-order valence-corrected chi connectivity index (χ1v) is 6.45. The normalized spacial score (nSPS) is 9.67. The summed E-state index contributed by atoms with van der Waals surface area (Å²) in [5.41, 5.74) is 1.06. The van der Waals surface area contributed by atoms with E-state index in [1.807, 2.05) is 0 Å². The lowest BCUT2D eigenvalue weighted by molar-refractivity contribution is 0.102. The average Bonchev–Trinajstić information content (AvgIpc) is 2.50. The van der Waals surface area contributed by atoms with Gasteiger partial charge in [-0.1, -0.05) is 29.5 Å². The van der Waals surface area contributed by atoms with Crippen molar-refractivity contribution in [1.82, 2.24) is 0 Å². The highest BCUT2D eigenvalue weighted by molar-refractivity contribution is 6.31. The Morgan fingerprint density at radius 1 is 1.24 bits per heavy atom. The molecule has 1 amide bonds. The number of aliphatic hydroxyl groups is 1. The van der Waals surface area contributed by atoms with Gasteiger partial charge in [0.25, 0.3) is 5.91 Å². The molecule has 0 unspecified atom stereocenters. The van der Waals surface area contributed by atoms with E-state index in [1.165, 1.54) is 12.1 Å². The molecule has 0 saturated carbocycles. The van der Waals surface area contributed by atoms with Crippen molar-refractivity contribution in [2.45, 2.75) is 0 Å². The van der Waals surface area contributed by atoms with Crippen LogP contribution in [0.3, 0.4) is 0 Å². The van der Waals surface area contributed by atoms with Crippen molar-refractivity contribution in [3.8, 4) is 11.8 Å². The zero-order valence-electron chi connectivity index (χ0n) is 10.9. The molecule has 0 aliphatic heterocycles. The second-order valence-electron chi connectivity index (χ2n) is 4.09. The Balaban J connectivity index is 2.15. The number of anilines is 1. The zero-order chi connectivity index (χ0) is 15.2. The van der Waals surface area contributed by atoms with Crippen LogP contribution in [-0.2, 0) is 0 Å². The number of nitrogens with one attached hydrogen (secondary N) is 1. The molecule has 0 heterocycles. The van der Waals surface area contributed by atoms with E-state index in [-0.39, 0.29) is 17.3 Å². The van der Waals surface area contributed by atoms with Crippen molar-refractivity contribution in [1.29, 1.82) is 0 Å². The van der Waals surface area contributed by atoms with Crippen LogP contribution >= 0.6 is 11.6 Å². The maximum atomic E-state index is 13.7. The van der Waals surface area contributed by atoms with E-state index >= 15 is 0 Å². The molecule has 106 valence electrons. The quantitative estimate of drug-likeness (QED) is 0.838. The number of hydrogen-bond donors (Lipinski definition) is 2. The molecular weight excluding hydrogens is 293 g/mol. The van der Waals surface area contributed by atoms with Gasteiger partial charge in [-0.2, -0.15) is 0 Å². The zero-order valence-corrected chi connectivity index (χ0v) is 11.6. The van der Waals surface area contributed by atoms with Gasteiger partial charge in [-0.05, 0) is 36.4 Å². The van der Waals surface area contributed by atoms with Crippen molar-refractivity contribution in [2.24, 2.45) is 0 Å². The Labute approximate surface area is 126 Å². The van der Waals surface area contributed by atoms with E-state index in [9.17, 15) is 9.18 Å². The van der Waals surface area contributed by atoms with E-state index < -0.39 is 11.7 Å². The fraction of sp³-hybridized carbons (Fsp3) is 0.0625. The van der Waals surface area contributed by atoms with Crippen LogP contribution in [0.2, 0.25) is 5.02 Å². The second kappa shape index (κ2) is 6.89. The molecule has 2 aromatic carbocycles. The molecule has 2 rings (SSSR count). The molecule has 0 aromatic heterocycles. The summed E-state index contributed by atoms with van der Waals surface area (Å²) in [7, 11) is 0. The summed E-state index contributed by atoms with van der Waals surface area (Å²) < 4.78 is 13.7. The summed E-state index contributed by atoms with van der Waals surface area (Å²) in [6, 6.07) is 10.8. The van der Waals surface area contributed by atoms with Crippen molar-refractivity contribution < 1.29 is 14.3 Å². The molecule has 0 aliphatic rings. The molecule has 2 N–H and O–H groups in total. The van der Waals surface area contributed by atoms with Crippen molar-refractivity contribution in [2.75, 3.05) is 11.9 Å². The number of halogens is 2. The molecule has 0 spiro atoms. The van der Waals surface area contributed by atoms with Gasteiger partial charge in [-0.25, -0.2) is 4.39 Å². The molecule has 0 radical (unpaired) electrons. The number of amides is 1. The minimum Gasteiger partial charge on any atom is -0.384 e. The average molecular weight is 304 g/mol. The Morgan fingerprint density at radius 3 is 2.62 bits per heavy atom. The number of carbonyl (C=O) groups is 1. The highest BCUT2D eigenvalue weighted by Gasteiger charge is 2.11. The van der Waals surface area contributed by atoms with E-state index in [0.29, 0.717) is 11.1 Å². The third kappa shape index (κ3) is 3.82. The molecule has 2 aromatic rings. The molecule has 3 nitrogen and oxygen atoms in total. The number of benzene rings is 2. The SMILES string of the molecule is O=C(Nc1cccc(Cl)c1F)c1ccc(C#CCO)cc1. The Hall–Kier alpha value is -2.35. The maximum absolute atomic E-state index is 13.7. The summed E-state index contributed by atoms with van der Waals surface area (Å²) in [6.45, 7) is -0.226. The fourth-order valence-electron chi connectivity index (χ4n) is 1.64. The largest absolute Gasteiger partial charge is 0.384 e. The van der Waals surface area contributed by atoms with Crippen LogP contribution in [-0.4, -0.2) is 17.6 Å². The fourth-order valence-corrected chi connectivity index (χ4v) is 1.82. The van der Waals surface area contributed by atoms with Gasteiger partial charge in [0.1, 0.15) is 6.61 Å². The summed E-state index contributed by atoms with van der Waals surface area (Å²) in [6.07, 6.45) is 0.